The van der Waals surface area contributed by atoms with Crippen LogP contribution in [0.4, 0.5) is 5.69 Å². The van der Waals surface area contributed by atoms with Crippen molar-refractivity contribution in [2.45, 2.75) is 13.3 Å². The van der Waals surface area contributed by atoms with E-state index in [0.29, 0.717) is 29.4 Å². The summed E-state index contributed by atoms with van der Waals surface area (Å²) >= 11 is 0. The Morgan fingerprint density at radius 1 is 1.04 bits per heavy atom. The highest BCUT2D eigenvalue weighted by molar-refractivity contribution is 5.95. The number of ether oxygens (including phenoxy) is 2. The molecule has 6 heteroatoms. The van der Waals surface area contributed by atoms with E-state index in [1.165, 1.54) is 0 Å². The Bertz CT molecular complexity index is 714. The van der Waals surface area contributed by atoms with E-state index >= 15 is 0 Å². The molecule has 2 amide bonds. The van der Waals surface area contributed by atoms with Gasteiger partial charge in [0.05, 0.1) is 19.4 Å². The van der Waals surface area contributed by atoms with Gasteiger partial charge in [0.25, 0.3) is 5.91 Å². The van der Waals surface area contributed by atoms with Crippen LogP contribution in [0.15, 0.2) is 48.5 Å². The molecule has 25 heavy (non-hydrogen) atoms. The van der Waals surface area contributed by atoms with Crippen molar-refractivity contribution in [3.05, 3.63) is 54.1 Å². The van der Waals surface area contributed by atoms with Gasteiger partial charge in [0.15, 0.2) is 0 Å². The minimum absolute atomic E-state index is 0.169. The number of anilines is 1. The third kappa shape index (κ3) is 5.53. The van der Waals surface area contributed by atoms with Crippen LogP contribution in [0.5, 0.6) is 11.5 Å². The van der Waals surface area contributed by atoms with Gasteiger partial charge in [-0.2, -0.15) is 0 Å². The molecule has 2 aromatic rings. The van der Waals surface area contributed by atoms with Crippen molar-refractivity contribution in [1.82, 2.24) is 5.32 Å². The van der Waals surface area contributed by atoms with Gasteiger partial charge in [0, 0.05) is 18.5 Å². The van der Waals surface area contributed by atoms with Crippen molar-refractivity contribution in [1.29, 1.82) is 0 Å². The average Bonchev–Trinajstić information content (AvgIpc) is 2.63. The molecule has 2 aromatic carbocycles. The molecule has 0 aliphatic heterocycles. The Hall–Kier alpha value is -3.02. The highest BCUT2D eigenvalue weighted by Gasteiger charge is 2.09. The number of benzene rings is 2. The molecule has 0 atom stereocenters. The fraction of sp³-hybridized carbons (Fsp3) is 0.263. The molecule has 6 nitrogen and oxygen atoms in total. The Kier molecular flexibility index (Phi) is 6.83. The van der Waals surface area contributed by atoms with Gasteiger partial charge in [-0.1, -0.05) is 12.1 Å². The van der Waals surface area contributed by atoms with Crippen LogP contribution in [0.2, 0.25) is 0 Å². The van der Waals surface area contributed by atoms with Crippen molar-refractivity contribution in [3.8, 4) is 11.5 Å². The topological polar surface area (TPSA) is 76.7 Å². The maximum Gasteiger partial charge on any atom is 0.251 e. The van der Waals surface area contributed by atoms with E-state index in [1.807, 2.05) is 19.1 Å². The zero-order valence-electron chi connectivity index (χ0n) is 14.4. The molecule has 0 unspecified atom stereocenters. The summed E-state index contributed by atoms with van der Waals surface area (Å²) in [6.07, 6.45) is 0.169. The van der Waals surface area contributed by atoms with Crippen molar-refractivity contribution in [2.24, 2.45) is 0 Å². The highest BCUT2D eigenvalue weighted by Crippen LogP contribution is 2.23. The number of carbonyl (C=O) groups is 2. The van der Waals surface area contributed by atoms with Crippen LogP contribution in [0.25, 0.3) is 0 Å². The minimum atomic E-state index is -0.231. The van der Waals surface area contributed by atoms with Gasteiger partial charge < -0.3 is 20.1 Å². The second kappa shape index (κ2) is 9.32. The average molecular weight is 342 g/mol. The Labute approximate surface area is 147 Å². The summed E-state index contributed by atoms with van der Waals surface area (Å²) < 4.78 is 10.5. The van der Waals surface area contributed by atoms with Crippen molar-refractivity contribution in [3.63, 3.8) is 0 Å². The first kappa shape index (κ1) is 18.3. The maximum absolute atomic E-state index is 12.0. The van der Waals surface area contributed by atoms with Gasteiger partial charge in [-0.05, 0) is 43.3 Å². The first-order valence-electron chi connectivity index (χ1n) is 8.08. The summed E-state index contributed by atoms with van der Waals surface area (Å²) in [6.45, 7) is 2.64. The summed E-state index contributed by atoms with van der Waals surface area (Å²) in [6, 6.07) is 14.0. The van der Waals surface area contributed by atoms with E-state index in [2.05, 4.69) is 10.6 Å². The molecular formula is C19H22N2O4. The SMILES string of the molecule is CCOc1ccccc1NC(=O)CCNC(=O)c1ccc(OC)cc1. The Balaban J connectivity index is 1.81. The van der Waals surface area contributed by atoms with Crippen LogP contribution in [-0.2, 0) is 4.79 Å². The summed E-state index contributed by atoms with van der Waals surface area (Å²) in [5.41, 5.74) is 1.14. The van der Waals surface area contributed by atoms with Crippen molar-refractivity contribution >= 4 is 17.5 Å². The van der Waals surface area contributed by atoms with Gasteiger partial charge in [0.2, 0.25) is 5.91 Å². The number of para-hydroxylation sites is 2. The molecule has 132 valence electrons. The lowest BCUT2D eigenvalue weighted by atomic mass is 10.2. The number of hydrogen-bond acceptors (Lipinski definition) is 4. The minimum Gasteiger partial charge on any atom is -0.497 e. The molecule has 0 spiro atoms. The van der Waals surface area contributed by atoms with Gasteiger partial charge in [-0.3, -0.25) is 9.59 Å². The van der Waals surface area contributed by atoms with Crippen molar-refractivity contribution < 1.29 is 19.1 Å². The number of nitrogens with one attached hydrogen (secondary N) is 2. The summed E-state index contributed by atoms with van der Waals surface area (Å²) in [5.74, 6) is 0.886. The lowest BCUT2D eigenvalue weighted by molar-refractivity contribution is -0.116. The van der Waals surface area contributed by atoms with Crippen LogP contribution >= 0.6 is 0 Å². The first-order chi connectivity index (χ1) is 12.1. The molecule has 0 saturated carbocycles. The zero-order chi connectivity index (χ0) is 18.1. The van der Waals surface area contributed by atoms with Crippen LogP contribution < -0.4 is 20.1 Å². The highest BCUT2D eigenvalue weighted by atomic mass is 16.5. The molecule has 0 fully saturated rings. The lowest BCUT2D eigenvalue weighted by Crippen LogP contribution is -2.27. The number of rotatable bonds is 8. The fourth-order valence-corrected chi connectivity index (χ4v) is 2.20. The largest absolute Gasteiger partial charge is 0.497 e. The molecule has 0 radical (unpaired) electrons. The van der Waals surface area contributed by atoms with E-state index < -0.39 is 0 Å². The molecule has 0 heterocycles. The molecule has 0 aromatic heterocycles. The first-order valence-corrected chi connectivity index (χ1v) is 8.08. The van der Waals surface area contributed by atoms with E-state index in [1.54, 1.807) is 43.5 Å². The molecule has 0 saturated heterocycles. The maximum atomic E-state index is 12.0. The second-order valence-corrected chi connectivity index (χ2v) is 5.21. The predicted molar refractivity (Wildman–Crippen MR) is 96.2 cm³/mol. The number of hydrogen-bond donors (Lipinski definition) is 2. The quantitative estimate of drug-likeness (QED) is 0.773. The fourth-order valence-electron chi connectivity index (χ4n) is 2.20. The van der Waals surface area contributed by atoms with Crippen LogP contribution in [0, 0.1) is 0 Å². The van der Waals surface area contributed by atoms with E-state index in [-0.39, 0.29) is 24.8 Å². The van der Waals surface area contributed by atoms with Gasteiger partial charge in [-0.25, -0.2) is 0 Å². The summed E-state index contributed by atoms with van der Waals surface area (Å²) in [4.78, 5) is 24.1. The van der Waals surface area contributed by atoms with Crippen molar-refractivity contribution in [2.75, 3.05) is 25.6 Å². The summed E-state index contributed by atoms with van der Waals surface area (Å²) in [5, 5.41) is 5.51. The molecule has 2 N–H and O–H groups in total. The van der Waals surface area contributed by atoms with Crippen LogP contribution in [0.3, 0.4) is 0 Å². The Morgan fingerprint density at radius 3 is 2.44 bits per heavy atom. The summed E-state index contributed by atoms with van der Waals surface area (Å²) in [7, 11) is 1.57. The van der Waals surface area contributed by atoms with Crippen LogP contribution in [-0.4, -0.2) is 32.1 Å². The number of amides is 2. The lowest BCUT2D eigenvalue weighted by Gasteiger charge is -2.11. The van der Waals surface area contributed by atoms with E-state index in [9.17, 15) is 9.59 Å². The smallest absolute Gasteiger partial charge is 0.251 e. The number of methoxy groups -OCH3 is 1. The number of carbonyl (C=O) groups excluding carboxylic acids is 2. The third-order valence-corrected chi connectivity index (χ3v) is 3.45. The third-order valence-electron chi connectivity index (χ3n) is 3.45. The molecule has 0 aliphatic carbocycles. The monoisotopic (exact) mass is 342 g/mol. The molecule has 2 rings (SSSR count). The molecule has 0 bridgehead atoms. The molecular weight excluding hydrogens is 320 g/mol. The molecule has 0 aliphatic rings. The van der Waals surface area contributed by atoms with Gasteiger partial charge >= 0.3 is 0 Å². The normalized spacial score (nSPS) is 10.0. The van der Waals surface area contributed by atoms with Crippen LogP contribution in [0.1, 0.15) is 23.7 Å². The zero-order valence-corrected chi connectivity index (χ0v) is 14.4. The predicted octanol–water partition coefficient (Wildman–Crippen LogP) is 2.85. The van der Waals surface area contributed by atoms with E-state index in [4.69, 9.17) is 9.47 Å². The standard InChI is InChI=1S/C19H22N2O4/c1-3-25-17-7-5-4-6-16(17)21-18(22)12-13-20-19(23)14-8-10-15(24-2)11-9-14/h4-11H,3,12-13H2,1-2H3,(H,20,23)(H,21,22). The van der Waals surface area contributed by atoms with E-state index in [0.717, 1.165) is 0 Å². The van der Waals surface area contributed by atoms with Gasteiger partial charge in [-0.15, -0.1) is 0 Å². The Morgan fingerprint density at radius 2 is 1.76 bits per heavy atom. The van der Waals surface area contributed by atoms with Gasteiger partial charge in [0.1, 0.15) is 11.5 Å². The second-order valence-electron chi connectivity index (χ2n) is 5.21.